The average Bonchev–Trinajstić information content (AvgIpc) is 2.71. The fraction of sp³-hybridized carbons (Fsp3) is 0.160. The number of fused-ring (bicyclic) bond motifs is 1. The molecule has 0 bridgehead atoms. The fourth-order valence-electron chi connectivity index (χ4n) is 3.82. The van der Waals surface area contributed by atoms with Gasteiger partial charge >= 0.3 is 6.03 Å². The van der Waals surface area contributed by atoms with E-state index < -0.39 is 17.8 Å². The summed E-state index contributed by atoms with van der Waals surface area (Å²) in [6, 6.07) is 16.0. The van der Waals surface area contributed by atoms with Crippen molar-refractivity contribution in [3.05, 3.63) is 76.9 Å². The Bertz CT molecular complexity index is 1240. The Morgan fingerprint density at radius 1 is 0.968 bits per heavy atom. The van der Waals surface area contributed by atoms with Gasteiger partial charge in [-0.15, -0.1) is 0 Å². The van der Waals surface area contributed by atoms with Crippen LogP contribution in [0.1, 0.15) is 23.6 Å². The molecular formula is C25H22N2O4. The Morgan fingerprint density at radius 3 is 2.39 bits per heavy atom. The molecule has 1 heterocycles. The summed E-state index contributed by atoms with van der Waals surface area (Å²) in [5.41, 5.74) is 2.72. The van der Waals surface area contributed by atoms with Crippen LogP contribution >= 0.6 is 0 Å². The number of benzene rings is 3. The highest BCUT2D eigenvalue weighted by atomic mass is 16.5. The lowest BCUT2D eigenvalue weighted by atomic mass is 9.99. The molecule has 1 saturated heterocycles. The maximum Gasteiger partial charge on any atom is 0.335 e. The van der Waals surface area contributed by atoms with E-state index in [0.717, 1.165) is 26.8 Å². The molecule has 4 rings (SSSR count). The summed E-state index contributed by atoms with van der Waals surface area (Å²) in [5, 5.41) is 4.08. The third kappa shape index (κ3) is 3.80. The zero-order valence-corrected chi connectivity index (χ0v) is 17.6. The number of carbonyl (C=O) groups excluding carboxylic acids is 3. The van der Waals surface area contributed by atoms with Crippen LogP contribution in [-0.2, 0) is 9.59 Å². The normalized spacial score (nSPS) is 15.5. The molecular weight excluding hydrogens is 392 g/mol. The molecule has 0 aromatic heterocycles. The largest absolute Gasteiger partial charge is 0.493 e. The minimum atomic E-state index is -0.764. The number of hydrogen-bond donors (Lipinski definition) is 1. The number of carbonyl (C=O) groups is 3. The van der Waals surface area contributed by atoms with E-state index in [2.05, 4.69) is 5.32 Å². The molecule has 0 saturated carbocycles. The van der Waals surface area contributed by atoms with Crippen molar-refractivity contribution in [3.63, 3.8) is 0 Å². The molecule has 0 atom stereocenters. The summed E-state index contributed by atoms with van der Waals surface area (Å²) in [5.74, 6) is -0.843. The van der Waals surface area contributed by atoms with Crippen LogP contribution in [-0.4, -0.2) is 24.5 Å². The number of aryl methyl sites for hydroxylation is 2. The van der Waals surface area contributed by atoms with Crippen molar-refractivity contribution in [2.45, 2.75) is 20.8 Å². The number of amides is 4. The first-order chi connectivity index (χ1) is 14.9. The fourth-order valence-corrected chi connectivity index (χ4v) is 3.82. The molecule has 0 radical (unpaired) electrons. The van der Waals surface area contributed by atoms with Crippen molar-refractivity contribution >= 4 is 40.4 Å². The molecule has 156 valence electrons. The first-order valence-corrected chi connectivity index (χ1v) is 10.0. The van der Waals surface area contributed by atoms with Gasteiger partial charge in [0.2, 0.25) is 0 Å². The van der Waals surface area contributed by atoms with Gasteiger partial charge in [0.15, 0.2) is 0 Å². The number of ether oxygens (including phenoxy) is 1. The van der Waals surface area contributed by atoms with Gasteiger partial charge in [-0.25, -0.2) is 9.69 Å². The second-order valence-electron chi connectivity index (χ2n) is 7.44. The maximum absolute atomic E-state index is 13.3. The van der Waals surface area contributed by atoms with Crippen molar-refractivity contribution in [2.24, 2.45) is 0 Å². The molecule has 3 aromatic rings. The van der Waals surface area contributed by atoms with Crippen molar-refractivity contribution < 1.29 is 19.1 Å². The number of nitrogens with zero attached hydrogens (tertiary/aromatic N) is 1. The van der Waals surface area contributed by atoms with Crippen molar-refractivity contribution in [2.75, 3.05) is 11.5 Å². The Hall–Kier alpha value is -3.93. The molecule has 0 unspecified atom stereocenters. The maximum atomic E-state index is 13.3. The van der Waals surface area contributed by atoms with Crippen molar-refractivity contribution in [1.82, 2.24) is 5.32 Å². The molecule has 1 aliphatic rings. The highest BCUT2D eigenvalue weighted by molar-refractivity contribution is 6.39. The van der Waals surface area contributed by atoms with E-state index in [9.17, 15) is 14.4 Å². The van der Waals surface area contributed by atoms with Gasteiger partial charge in [0.05, 0.1) is 12.3 Å². The molecule has 1 N–H and O–H groups in total. The first-order valence-electron chi connectivity index (χ1n) is 10.0. The summed E-state index contributed by atoms with van der Waals surface area (Å²) in [6.45, 7) is 6.07. The Balaban J connectivity index is 1.87. The third-order valence-corrected chi connectivity index (χ3v) is 5.09. The lowest BCUT2D eigenvalue weighted by Gasteiger charge is -2.27. The van der Waals surface area contributed by atoms with Crippen LogP contribution in [0.25, 0.3) is 16.8 Å². The third-order valence-electron chi connectivity index (χ3n) is 5.09. The van der Waals surface area contributed by atoms with Crippen molar-refractivity contribution in [3.8, 4) is 5.75 Å². The van der Waals surface area contributed by atoms with Crippen LogP contribution in [0.2, 0.25) is 0 Å². The molecule has 6 heteroatoms. The topological polar surface area (TPSA) is 75.7 Å². The zero-order chi connectivity index (χ0) is 22.1. The smallest absolute Gasteiger partial charge is 0.335 e. The lowest BCUT2D eigenvalue weighted by molar-refractivity contribution is -0.122. The van der Waals surface area contributed by atoms with E-state index in [1.54, 1.807) is 12.1 Å². The van der Waals surface area contributed by atoms with E-state index in [-0.39, 0.29) is 5.57 Å². The number of urea groups is 1. The number of nitrogens with one attached hydrogen (secondary N) is 1. The molecule has 1 fully saturated rings. The zero-order valence-electron chi connectivity index (χ0n) is 17.6. The van der Waals surface area contributed by atoms with E-state index >= 15 is 0 Å². The van der Waals surface area contributed by atoms with Gasteiger partial charge in [0.25, 0.3) is 11.8 Å². The SMILES string of the molecule is CCOc1ccc2ccccc2c1/C=C1/C(=O)NC(=O)N(c2cc(C)cc(C)c2)C1=O. The minimum absolute atomic E-state index is 0.129. The summed E-state index contributed by atoms with van der Waals surface area (Å²) in [7, 11) is 0. The van der Waals surface area contributed by atoms with Gasteiger partial charge in [0, 0.05) is 5.56 Å². The van der Waals surface area contributed by atoms with E-state index in [1.165, 1.54) is 6.08 Å². The Labute approximate surface area is 180 Å². The van der Waals surface area contributed by atoms with Gasteiger partial charge in [-0.2, -0.15) is 0 Å². The Morgan fingerprint density at radius 2 is 1.68 bits per heavy atom. The highest BCUT2D eigenvalue weighted by Gasteiger charge is 2.37. The van der Waals surface area contributed by atoms with Crippen LogP contribution in [0.5, 0.6) is 5.75 Å². The van der Waals surface area contributed by atoms with Crippen LogP contribution in [0.15, 0.2) is 60.2 Å². The second-order valence-corrected chi connectivity index (χ2v) is 7.44. The number of rotatable bonds is 4. The van der Waals surface area contributed by atoms with Crippen molar-refractivity contribution in [1.29, 1.82) is 0 Å². The molecule has 4 amide bonds. The summed E-state index contributed by atoms with van der Waals surface area (Å²) < 4.78 is 5.75. The summed E-state index contributed by atoms with van der Waals surface area (Å²) in [6.07, 6.45) is 1.51. The number of barbiturate groups is 1. The second kappa shape index (κ2) is 8.07. The predicted octanol–water partition coefficient (Wildman–Crippen LogP) is 4.52. The monoisotopic (exact) mass is 414 g/mol. The van der Waals surface area contributed by atoms with Crippen LogP contribution in [0.3, 0.4) is 0 Å². The van der Waals surface area contributed by atoms with Gasteiger partial charge < -0.3 is 4.74 Å². The molecule has 6 nitrogen and oxygen atoms in total. The van der Waals surface area contributed by atoms with E-state index in [1.807, 2.05) is 63.2 Å². The van der Waals surface area contributed by atoms with Crippen LogP contribution in [0, 0.1) is 13.8 Å². The highest BCUT2D eigenvalue weighted by Crippen LogP contribution is 2.32. The number of anilines is 1. The summed E-state index contributed by atoms with van der Waals surface area (Å²) >= 11 is 0. The first kappa shape index (κ1) is 20.3. The predicted molar refractivity (Wildman–Crippen MR) is 120 cm³/mol. The van der Waals surface area contributed by atoms with Gasteiger partial charge in [-0.05, 0) is 66.9 Å². The molecule has 1 aliphatic heterocycles. The van der Waals surface area contributed by atoms with Crippen LogP contribution in [0.4, 0.5) is 10.5 Å². The molecule has 0 aliphatic carbocycles. The minimum Gasteiger partial charge on any atom is -0.493 e. The standard InChI is InChI=1S/C25H22N2O4/c1-4-31-22-10-9-17-7-5-6-8-19(17)20(22)14-21-23(28)26-25(30)27(24(21)29)18-12-15(2)11-16(3)13-18/h5-14H,4H2,1-3H3,(H,26,28,30)/b21-14-. The van der Waals surface area contributed by atoms with Crippen LogP contribution < -0.4 is 15.0 Å². The number of imide groups is 2. The molecule has 31 heavy (non-hydrogen) atoms. The van der Waals surface area contributed by atoms with Gasteiger partial charge in [-0.3, -0.25) is 14.9 Å². The average molecular weight is 414 g/mol. The number of hydrogen-bond acceptors (Lipinski definition) is 4. The van der Waals surface area contributed by atoms with E-state index in [0.29, 0.717) is 23.6 Å². The molecule has 0 spiro atoms. The quantitative estimate of drug-likeness (QED) is 0.503. The van der Waals surface area contributed by atoms with Gasteiger partial charge in [-0.1, -0.05) is 36.4 Å². The molecule has 3 aromatic carbocycles. The van der Waals surface area contributed by atoms with Gasteiger partial charge in [0.1, 0.15) is 11.3 Å². The van der Waals surface area contributed by atoms with E-state index in [4.69, 9.17) is 4.74 Å². The Kier molecular flexibility index (Phi) is 5.29. The lowest BCUT2D eigenvalue weighted by Crippen LogP contribution is -2.54. The summed E-state index contributed by atoms with van der Waals surface area (Å²) in [4.78, 5) is 39.5.